The maximum absolute atomic E-state index is 9.59. The summed E-state index contributed by atoms with van der Waals surface area (Å²) in [6.07, 6.45) is 13.2. The van der Waals surface area contributed by atoms with Crippen molar-refractivity contribution in [3.63, 3.8) is 0 Å². The predicted octanol–water partition coefficient (Wildman–Crippen LogP) is 5.21. The molecule has 0 unspecified atom stereocenters. The van der Waals surface area contributed by atoms with Gasteiger partial charge in [0, 0.05) is 11.6 Å². The van der Waals surface area contributed by atoms with Crippen LogP contribution >= 0.6 is 11.6 Å². The first-order chi connectivity index (χ1) is 10.2. The molecule has 21 heavy (non-hydrogen) atoms. The Labute approximate surface area is 133 Å². The van der Waals surface area contributed by atoms with E-state index in [9.17, 15) is 4.79 Å². The smallest absolute Gasteiger partial charge is 0.403 e. The van der Waals surface area contributed by atoms with E-state index in [2.05, 4.69) is 20.7 Å². The van der Waals surface area contributed by atoms with Crippen molar-refractivity contribution in [1.29, 1.82) is 0 Å². The largest absolute Gasteiger partial charge is 0.454 e. The SMILES string of the molecule is C(=NC1CCCCC1)=NC1CCCCC1.CCOC(=O)Cl. The van der Waals surface area contributed by atoms with Gasteiger partial charge in [0.2, 0.25) is 0 Å². The summed E-state index contributed by atoms with van der Waals surface area (Å²) in [4.78, 5) is 18.5. The van der Waals surface area contributed by atoms with Crippen molar-refractivity contribution < 1.29 is 9.53 Å². The molecule has 4 nitrogen and oxygen atoms in total. The molecule has 2 saturated carbocycles. The first-order valence-corrected chi connectivity index (χ1v) is 8.57. The van der Waals surface area contributed by atoms with E-state index >= 15 is 0 Å². The van der Waals surface area contributed by atoms with E-state index in [-0.39, 0.29) is 0 Å². The van der Waals surface area contributed by atoms with Gasteiger partial charge in [-0.05, 0) is 32.6 Å². The molecule has 0 radical (unpaired) electrons. The van der Waals surface area contributed by atoms with Gasteiger partial charge in [-0.1, -0.05) is 38.5 Å². The van der Waals surface area contributed by atoms with E-state index < -0.39 is 5.43 Å². The monoisotopic (exact) mass is 314 g/mol. The molecular formula is C16H27ClN2O2. The van der Waals surface area contributed by atoms with Crippen molar-refractivity contribution in [2.75, 3.05) is 6.61 Å². The van der Waals surface area contributed by atoms with Crippen LogP contribution < -0.4 is 0 Å². The molecular weight excluding hydrogens is 288 g/mol. The molecule has 2 rings (SSSR count). The second kappa shape index (κ2) is 11.8. The Morgan fingerprint density at radius 3 is 1.71 bits per heavy atom. The summed E-state index contributed by atoms with van der Waals surface area (Å²) in [5.74, 6) is 0. The van der Waals surface area contributed by atoms with Gasteiger partial charge in [-0.25, -0.2) is 14.8 Å². The molecule has 0 heterocycles. The van der Waals surface area contributed by atoms with E-state index in [1.807, 2.05) is 0 Å². The first kappa shape index (κ1) is 18.2. The Balaban J connectivity index is 0.000000315. The highest BCUT2D eigenvalue weighted by Gasteiger charge is 2.12. The van der Waals surface area contributed by atoms with Crippen molar-refractivity contribution >= 4 is 23.0 Å². The molecule has 2 aliphatic rings. The lowest BCUT2D eigenvalue weighted by molar-refractivity contribution is 0.180. The quantitative estimate of drug-likeness (QED) is 0.530. The van der Waals surface area contributed by atoms with E-state index in [1.54, 1.807) is 6.92 Å². The number of carbonyl (C=O) groups excluding carboxylic acids is 1. The summed E-state index contributed by atoms with van der Waals surface area (Å²) < 4.78 is 4.17. The molecule has 0 bridgehead atoms. The zero-order valence-corrected chi connectivity index (χ0v) is 13.8. The van der Waals surface area contributed by atoms with Crippen molar-refractivity contribution in [3.8, 4) is 0 Å². The van der Waals surface area contributed by atoms with Crippen LogP contribution in [0.15, 0.2) is 9.98 Å². The summed E-state index contributed by atoms with van der Waals surface area (Å²) in [5, 5.41) is 0. The number of hydrogen-bond acceptors (Lipinski definition) is 4. The molecule has 0 aromatic rings. The van der Waals surface area contributed by atoms with Crippen LogP contribution in [-0.2, 0) is 4.74 Å². The van der Waals surface area contributed by atoms with Crippen LogP contribution in [0.4, 0.5) is 4.79 Å². The lowest BCUT2D eigenvalue weighted by Gasteiger charge is -2.17. The Morgan fingerprint density at radius 2 is 1.43 bits per heavy atom. The van der Waals surface area contributed by atoms with Gasteiger partial charge < -0.3 is 4.74 Å². The molecule has 0 aromatic carbocycles. The summed E-state index contributed by atoms with van der Waals surface area (Å²) in [5.41, 5.74) is -0.738. The van der Waals surface area contributed by atoms with Crippen molar-refractivity contribution in [3.05, 3.63) is 0 Å². The second-order valence-electron chi connectivity index (χ2n) is 5.61. The highest BCUT2D eigenvalue weighted by Crippen LogP contribution is 2.21. The third kappa shape index (κ3) is 9.65. The zero-order chi connectivity index (χ0) is 15.3. The number of halogens is 1. The molecule has 2 aliphatic carbocycles. The van der Waals surface area contributed by atoms with E-state index in [0.29, 0.717) is 18.7 Å². The van der Waals surface area contributed by atoms with Crippen LogP contribution in [0.1, 0.15) is 71.1 Å². The summed E-state index contributed by atoms with van der Waals surface area (Å²) in [7, 11) is 0. The highest BCUT2D eigenvalue weighted by molar-refractivity contribution is 6.61. The van der Waals surface area contributed by atoms with Gasteiger partial charge in [-0.15, -0.1) is 0 Å². The van der Waals surface area contributed by atoms with Gasteiger partial charge >= 0.3 is 5.43 Å². The van der Waals surface area contributed by atoms with Crippen LogP contribution in [0.3, 0.4) is 0 Å². The summed E-state index contributed by atoms with van der Waals surface area (Å²) in [6, 6.07) is 4.04. The normalized spacial score (nSPS) is 19.7. The van der Waals surface area contributed by atoms with Gasteiger partial charge in [0.05, 0.1) is 24.7 Å². The maximum atomic E-state index is 9.59. The van der Waals surface area contributed by atoms with Crippen LogP contribution in [0, 0.1) is 0 Å². The fraction of sp³-hybridized carbons (Fsp3) is 0.875. The lowest BCUT2D eigenvalue weighted by atomic mass is 9.96. The fourth-order valence-corrected chi connectivity index (χ4v) is 2.84. The molecule has 5 heteroatoms. The van der Waals surface area contributed by atoms with Crippen molar-refractivity contribution in [2.24, 2.45) is 9.98 Å². The second-order valence-corrected chi connectivity index (χ2v) is 5.92. The number of aliphatic imine (C=N–C) groups is 2. The van der Waals surface area contributed by atoms with E-state index in [0.717, 1.165) is 0 Å². The van der Waals surface area contributed by atoms with Crippen LogP contribution in [0.2, 0.25) is 0 Å². The third-order valence-electron chi connectivity index (χ3n) is 3.89. The standard InChI is InChI=1S/C13H22N2.C3H5ClO2/c1-3-7-12(8-4-1)14-11-15-13-9-5-2-6-10-13;1-2-6-3(4)5/h12-13H,1-10H2;2H2,1H3. The van der Waals surface area contributed by atoms with Crippen LogP contribution in [-0.4, -0.2) is 30.1 Å². The molecule has 0 aromatic heterocycles. The average Bonchev–Trinajstić information content (AvgIpc) is 2.50. The third-order valence-corrected chi connectivity index (χ3v) is 4.00. The molecule has 0 amide bonds. The van der Waals surface area contributed by atoms with Gasteiger partial charge in [0.15, 0.2) is 0 Å². The van der Waals surface area contributed by atoms with Gasteiger partial charge in [0.1, 0.15) is 0 Å². The van der Waals surface area contributed by atoms with E-state index in [4.69, 9.17) is 11.6 Å². The molecule has 120 valence electrons. The summed E-state index contributed by atoms with van der Waals surface area (Å²) in [6.45, 7) is 2.04. The minimum Gasteiger partial charge on any atom is -0.454 e. The van der Waals surface area contributed by atoms with Crippen molar-refractivity contribution in [2.45, 2.75) is 83.2 Å². The Kier molecular flexibility index (Phi) is 10.2. The Hall–Kier alpha value is -0.860. The molecule has 0 spiro atoms. The molecule has 0 N–H and O–H groups in total. The average molecular weight is 315 g/mol. The van der Waals surface area contributed by atoms with E-state index in [1.165, 1.54) is 64.2 Å². The molecule has 0 aliphatic heterocycles. The Bertz CT molecular complexity index is 320. The number of hydrogen-bond donors (Lipinski definition) is 0. The molecule has 0 atom stereocenters. The highest BCUT2D eigenvalue weighted by atomic mass is 35.5. The van der Waals surface area contributed by atoms with Crippen LogP contribution in [0.5, 0.6) is 0 Å². The number of carbonyl (C=O) groups is 1. The van der Waals surface area contributed by atoms with Crippen LogP contribution in [0.25, 0.3) is 0 Å². The fourth-order valence-electron chi connectivity index (χ4n) is 2.73. The minimum absolute atomic E-state index is 0.350. The number of nitrogens with zero attached hydrogens (tertiary/aromatic N) is 2. The lowest BCUT2D eigenvalue weighted by Crippen LogP contribution is -2.10. The topological polar surface area (TPSA) is 51.0 Å². The number of ether oxygens (including phenoxy) is 1. The zero-order valence-electron chi connectivity index (χ0n) is 13.0. The van der Waals surface area contributed by atoms with Crippen molar-refractivity contribution in [1.82, 2.24) is 0 Å². The van der Waals surface area contributed by atoms with Gasteiger partial charge in [-0.2, -0.15) is 0 Å². The number of rotatable bonds is 3. The predicted molar refractivity (Wildman–Crippen MR) is 86.5 cm³/mol. The maximum Gasteiger partial charge on any atom is 0.403 e. The van der Waals surface area contributed by atoms with Gasteiger partial charge in [0.25, 0.3) is 0 Å². The Morgan fingerprint density at radius 1 is 1.00 bits per heavy atom. The summed E-state index contributed by atoms with van der Waals surface area (Å²) >= 11 is 4.72. The molecule has 2 fully saturated rings. The molecule has 0 saturated heterocycles. The first-order valence-electron chi connectivity index (χ1n) is 8.19. The van der Waals surface area contributed by atoms with Gasteiger partial charge in [-0.3, -0.25) is 0 Å². The minimum atomic E-state index is -0.738.